The third-order valence-electron chi connectivity index (χ3n) is 5.51. The lowest BCUT2D eigenvalue weighted by molar-refractivity contribution is 0.124. The molecule has 1 aliphatic heterocycles. The van der Waals surface area contributed by atoms with Crippen LogP contribution >= 0.6 is 0 Å². The van der Waals surface area contributed by atoms with E-state index in [1.807, 2.05) is 7.05 Å². The molecule has 2 atom stereocenters. The molecule has 1 heterocycles. The average Bonchev–Trinajstić information content (AvgIpc) is 2.68. The highest BCUT2D eigenvalue weighted by atomic mass is 15.3. The quantitative estimate of drug-likeness (QED) is 0.543. The summed E-state index contributed by atoms with van der Waals surface area (Å²) < 4.78 is 0. The van der Waals surface area contributed by atoms with Gasteiger partial charge in [0.25, 0.3) is 0 Å². The van der Waals surface area contributed by atoms with Crippen molar-refractivity contribution in [1.82, 2.24) is 20.4 Å². The van der Waals surface area contributed by atoms with E-state index in [1.165, 1.54) is 43.9 Å². The van der Waals surface area contributed by atoms with Gasteiger partial charge in [0, 0.05) is 52.9 Å². The van der Waals surface area contributed by atoms with Crippen LogP contribution in [0.2, 0.25) is 0 Å². The van der Waals surface area contributed by atoms with Gasteiger partial charge in [-0.25, -0.2) is 0 Å². The molecule has 0 saturated carbocycles. The van der Waals surface area contributed by atoms with Crippen molar-refractivity contribution in [2.45, 2.75) is 33.6 Å². The van der Waals surface area contributed by atoms with Gasteiger partial charge in [-0.3, -0.25) is 4.99 Å². The Labute approximate surface area is 166 Å². The van der Waals surface area contributed by atoms with Crippen LogP contribution in [0, 0.1) is 12.8 Å². The number of rotatable bonds is 8. The van der Waals surface area contributed by atoms with Crippen molar-refractivity contribution in [3.05, 3.63) is 35.4 Å². The fourth-order valence-electron chi connectivity index (χ4n) is 3.63. The van der Waals surface area contributed by atoms with E-state index in [9.17, 15) is 0 Å². The Morgan fingerprint density at radius 2 is 1.74 bits per heavy atom. The van der Waals surface area contributed by atoms with E-state index in [-0.39, 0.29) is 0 Å². The summed E-state index contributed by atoms with van der Waals surface area (Å²) in [5.74, 6) is 1.96. The zero-order valence-corrected chi connectivity index (χ0v) is 18.0. The molecule has 152 valence electrons. The SMILES string of the molecule is CCN1CCN(CC(C)CNC(=NC)NCC(C)c2cccc(C)c2)CC1. The summed E-state index contributed by atoms with van der Waals surface area (Å²) >= 11 is 0. The van der Waals surface area contributed by atoms with Gasteiger partial charge in [-0.15, -0.1) is 0 Å². The summed E-state index contributed by atoms with van der Waals surface area (Å²) in [4.78, 5) is 9.51. The predicted octanol–water partition coefficient (Wildman–Crippen LogP) is 2.54. The molecule has 1 aromatic carbocycles. The molecule has 1 aliphatic rings. The molecule has 0 amide bonds. The van der Waals surface area contributed by atoms with Crippen LogP contribution in [0.25, 0.3) is 0 Å². The summed E-state index contributed by atoms with van der Waals surface area (Å²) in [6, 6.07) is 8.75. The Morgan fingerprint density at radius 1 is 1.07 bits per heavy atom. The maximum absolute atomic E-state index is 4.39. The number of nitrogens with one attached hydrogen (secondary N) is 2. The lowest BCUT2D eigenvalue weighted by Gasteiger charge is -2.35. The summed E-state index contributed by atoms with van der Waals surface area (Å²) in [6.45, 7) is 17.9. The summed E-state index contributed by atoms with van der Waals surface area (Å²) in [5.41, 5.74) is 2.69. The molecular weight excluding hydrogens is 334 g/mol. The highest BCUT2D eigenvalue weighted by molar-refractivity contribution is 5.79. The fraction of sp³-hybridized carbons (Fsp3) is 0.682. The lowest BCUT2D eigenvalue weighted by atomic mass is 9.99. The zero-order valence-electron chi connectivity index (χ0n) is 18.0. The molecule has 1 aromatic rings. The highest BCUT2D eigenvalue weighted by Gasteiger charge is 2.17. The van der Waals surface area contributed by atoms with Gasteiger partial charge < -0.3 is 20.4 Å². The van der Waals surface area contributed by atoms with Crippen LogP contribution in [-0.2, 0) is 0 Å². The van der Waals surface area contributed by atoms with Crippen LogP contribution in [0.5, 0.6) is 0 Å². The minimum atomic E-state index is 0.454. The summed E-state index contributed by atoms with van der Waals surface area (Å²) in [6.07, 6.45) is 0. The Hall–Kier alpha value is -1.59. The first-order chi connectivity index (χ1) is 13.0. The predicted molar refractivity (Wildman–Crippen MR) is 117 cm³/mol. The summed E-state index contributed by atoms with van der Waals surface area (Å²) in [5, 5.41) is 6.98. The van der Waals surface area contributed by atoms with E-state index in [1.54, 1.807) is 0 Å². The summed E-state index contributed by atoms with van der Waals surface area (Å²) in [7, 11) is 1.85. The minimum Gasteiger partial charge on any atom is -0.356 e. The number of likely N-dealkylation sites (N-methyl/N-ethyl adjacent to an activating group) is 1. The van der Waals surface area contributed by atoms with E-state index < -0.39 is 0 Å². The lowest BCUT2D eigenvalue weighted by Crippen LogP contribution is -2.48. The molecule has 2 unspecified atom stereocenters. The van der Waals surface area contributed by atoms with Crippen molar-refractivity contribution >= 4 is 5.96 Å². The van der Waals surface area contributed by atoms with Crippen LogP contribution in [0.4, 0.5) is 0 Å². The molecule has 0 aliphatic carbocycles. The molecule has 27 heavy (non-hydrogen) atoms. The van der Waals surface area contributed by atoms with Gasteiger partial charge >= 0.3 is 0 Å². The van der Waals surface area contributed by atoms with Gasteiger partial charge in [0.1, 0.15) is 0 Å². The molecule has 0 spiro atoms. The van der Waals surface area contributed by atoms with Crippen molar-refractivity contribution < 1.29 is 0 Å². The zero-order chi connectivity index (χ0) is 19.6. The molecular formula is C22H39N5. The first-order valence-corrected chi connectivity index (χ1v) is 10.5. The van der Waals surface area contributed by atoms with Gasteiger partial charge in [0.05, 0.1) is 0 Å². The monoisotopic (exact) mass is 373 g/mol. The molecule has 0 aromatic heterocycles. The third-order valence-corrected chi connectivity index (χ3v) is 5.51. The average molecular weight is 374 g/mol. The Kier molecular flexibility index (Phi) is 9.08. The van der Waals surface area contributed by atoms with Crippen molar-refractivity contribution in [2.75, 3.05) is 59.4 Å². The van der Waals surface area contributed by atoms with E-state index in [4.69, 9.17) is 0 Å². The number of nitrogens with zero attached hydrogens (tertiary/aromatic N) is 3. The third kappa shape index (κ3) is 7.51. The number of benzene rings is 1. The van der Waals surface area contributed by atoms with E-state index in [0.717, 1.165) is 25.6 Å². The molecule has 2 rings (SSSR count). The molecule has 5 heteroatoms. The van der Waals surface area contributed by atoms with Gasteiger partial charge in [-0.2, -0.15) is 0 Å². The highest BCUT2D eigenvalue weighted by Crippen LogP contribution is 2.15. The van der Waals surface area contributed by atoms with Gasteiger partial charge in [-0.05, 0) is 30.9 Å². The van der Waals surface area contributed by atoms with Crippen molar-refractivity contribution in [1.29, 1.82) is 0 Å². The number of guanidine groups is 1. The Morgan fingerprint density at radius 3 is 2.37 bits per heavy atom. The van der Waals surface area contributed by atoms with E-state index in [2.05, 4.69) is 77.4 Å². The fourth-order valence-corrected chi connectivity index (χ4v) is 3.63. The van der Waals surface area contributed by atoms with Crippen LogP contribution in [-0.4, -0.2) is 75.2 Å². The second kappa shape index (κ2) is 11.3. The minimum absolute atomic E-state index is 0.454. The van der Waals surface area contributed by atoms with Gasteiger partial charge in [0.2, 0.25) is 0 Å². The van der Waals surface area contributed by atoms with Crippen molar-refractivity contribution in [3.8, 4) is 0 Å². The first-order valence-electron chi connectivity index (χ1n) is 10.5. The topological polar surface area (TPSA) is 42.9 Å². The normalized spacial score (nSPS) is 18.9. The van der Waals surface area contributed by atoms with Crippen molar-refractivity contribution in [3.63, 3.8) is 0 Å². The largest absolute Gasteiger partial charge is 0.356 e. The first kappa shape index (κ1) is 21.7. The second-order valence-corrected chi connectivity index (χ2v) is 7.99. The molecule has 0 bridgehead atoms. The van der Waals surface area contributed by atoms with E-state index >= 15 is 0 Å². The molecule has 1 fully saturated rings. The maximum atomic E-state index is 4.39. The van der Waals surface area contributed by atoms with E-state index in [0.29, 0.717) is 11.8 Å². The Bertz CT molecular complexity index is 578. The number of hydrogen-bond donors (Lipinski definition) is 2. The number of hydrogen-bond acceptors (Lipinski definition) is 3. The van der Waals surface area contributed by atoms with Crippen molar-refractivity contribution in [2.24, 2.45) is 10.9 Å². The second-order valence-electron chi connectivity index (χ2n) is 7.99. The maximum Gasteiger partial charge on any atom is 0.191 e. The van der Waals surface area contributed by atoms with Crippen LogP contribution in [0.3, 0.4) is 0 Å². The standard InChI is InChI=1S/C22H39N5/c1-6-26-10-12-27(13-11-26)17-19(3)15-24-22(23-5)25-16-20(4)21-9-7-8-18(2)14-21/h7-9,14,19-20H,6,10-13,15-17H2,1-5H3,(H2,23,24,25). The Balaban J connectivity index is 1.69. The van der Waals surface area contributed by atoms with Crippen LogP contribution in [0.15, 0.2) is 29.3 Å². The van der Waals surface area contributed by atoms with Gasteiger partial charge in [-0.1, -0.05) is 50.6 Å². The molecule has 0 radical (unpaired) electrons. The molecule has 5 nitrogen and oxygen atoms in total. The smallest absolute Gasteiger partial charge is 0.191 e. The van der Waals surface area contributed by atoms with Crippen LogP contribution < -0.4 is 10.6 Å². The molecule has 2 N–H and O–H groups in total. The number of aryl methyl sites for hydroxylation is 1. The van der Waals surface area contributed by atoms with Gasteiger partial charge in [0.15, 0.2) is 5.96 Å². The number of aliphatic imine (C=N–C) groups is 1. The number of piperazine rings is 1. The van der Waals surface area contributed by atoms with Crippen LogP contribution in [0.1, 0.15) is 37.8 Å². The molecule has 1 saturated heterocycles.